The van der Waals surface area contributed by atoms with E-state index in [1.807, 2.05) is 34.6 Å². The predicted octanol–water partition coefficient (Wildman–Crippen LogP) is 0.903. The number of hydrogen-bond donors (Lipinski definition) is 2. The smallest absolute Gasteiger partial charge is 0.410 e. The lowest BCUT2D eigenvalue weighted by Gasteiger charge is -2.39. The third-order valence-electron chi connectivity index (χ3n) is 5.93. The molecule has 9 heteroatoms. The first kappa shape index (κ1) is 24.1. The van der Waals surface area contributed by atoms with Crippen LogP contribution in [0.25, 0.3) is 0 Å². The number of rotatable bonds is 5. The fraction of sp³-hybridized carbons (Fsp3) is 0.810. The molecule has 0 radical (unpaired) electrons. The maximum Gasteiger partial charge on any atom is 0.410 e. The molecule has 170 valence electrons. The summed E-state index contributed by atoms with van der Waals surface area (Å²) < 4.78 is 5.46. The Kier molecular flexibility index (Phi) is 7.49. The topological polar surface area (TPSA) is 122 Å². The molecule has 1 spiro atoms. The summed E-state index contributed by atoms with van der Waals surface area (Å²) in [6, 6.07) is -1.35. The monoisotopic (exact) mass is 424 g/mol. The molecule has 2 fully saturated rings. The highest BCUT2D eigenvalue weighted by molar-refractivity contribution is 5.91. The average Bonchev–Trinajstić information content (AvgIpc) is 3.03. The van der Waals surface area contributed by atoms with E-state index in [1.54, 1.807) is 9.80 Å². The van der Waals surface area contributed by atoms with Gasteiger partial charge in [0.1, 0.15) is 17.9 Å². The van der Waals surface area contributed by atoms with E-state index >= 15 is 0 Å². The molecule has 0 aliphatic carbocycles. The fourth-order valence-electron chi connectivity index (χ4n) is 4.11. The van der Waals surface area contributed by atoms with Crippen LogP contribution >= 0.6 is 0 Å². The van der Waals surface area contributed by atoms with Crippen LogP contribution in [0.5, 0.6) is 0 Å². The standard InChI is InChI=1S/C21H36N4O5/c1-14(2)16(22)18(28)25-13-21(12-15(25)17(27)23-8-11-26)6-9-24(10-7-21)19(29)30-20(3,4)5/h11,14-16H,6-10,12-13,22H2,1-5H3,(H,23,27). The van der Waals surface area contributed by atoms with E-state index in [9.17, 15) is 19.2 Å². The Morgan fingerprint density at radius 1 is 1.23 bits per heavy atom. The fourth-order valence-corrected chi connectivity index (χ4v) is 4.11. The Hall–Kier alpha value is -2.16. The van der Waals surface area contributed by atoms with Crippen molar-refractivity contribution in [1.29, 1.82) is 0 Å². The second-order valence-corrected chi connectivity index (χ2v) is 9.84. The lowest BCUT2D eigenvalue weighted by molar-refractivity contribution is -0.140. The second-order valence-electron chi connectivity index (χ2n) is 9.84. The molecule has 2 atom stereocenters. The van der Waals surface area contributed by atoms with E-state index < -0.39 is 17.7 Å². The number of nitrogens with two attached hydrogens (primary N) is 1. The number of nitrogens with one attached hydrogen (secondary N) is 1. The minimum absolute atomic E-state index is 0.0539. The molecule has 9 nitrogen and oxygen atoms in total. The van der Waals surface area contributed by atoms with Crippen LogP contribution in [-0.4, -0.2) is 77.9 Å². The Balaban J connectivity index is 2.12. The number of ether oxygens (including phenoxy) is 1. The van der Waals surface area contributed by atoms with E-state index in [2.05, 4.69) is 5.32 Å². The Bertz CT molecular complexity index is 665. The molecule has 2 aliphatic rings. The molecule has 2 heterocycles. The Labute approximate surface area is 178 Å². The van der Waals surface area contributed by atoms with Gasteiger partial charge >= 0.3 is 6.09 Å². The summed E-state index contributed by atoms with van der Waals surface area (Å²) in [6.45, 7) is 10.6. The van der Waals surface area contributed by atoms with Crippen molar-refractivity contribution in [1.82, 2.24) is 15.1 Å². The number of amides is 3. The minimum atomic E-state index is -0.691. The van der Waals surface area contributed by atoms with Gasteiger partial charge in [-0.3, -0.25) is 9.59 Å². The number of carbonyl (C=O) groups is 4. The summed E-state index contributed by atoms with van der Waals surface area (Å²) in [5, 5.41) is 2.58. The van der Waals surface area contributed by atoms with E-state index in [0.29, 0.717) is 45.2 Å². The largest absolute Gasteiger partial charge is 0.444 e. The zero-order valence-electron chi connectivity index (χ0n) is 18.8. The molecule has 0 saturated carbocycles. The van der Waals surface area contributed by atoms with E-state index in [-0.39, 0.29) is 35.8 Å². The van der Waals surface area contributed by atoms with Gasteiger partial charge in [0.25, 0.3) is 0 Å². The van der Waals surface area contributed by atoms with Gasteiger partial charge < -0.3 is 30.4 Å². The van der Waals surface area contributed by atoms with Crippen molar-refractivity contribution >= 4 is 24.2 Å². The number of aldehydes is 1. The van der Waals surface area contributed by atoms with Crippen molar-refractivity contribution in [2.75, 3.05) is 26.2 Å². The number of carbonyl (C=O) groups excluding carboxylic acids is 4. The number of nitrogens with zero attached hydrogens (tertiary/aromatic N) is 2. The molecule has 2 saturated heterocycles. The first-order valence-corrected chi connectivity index (χ1v) is 10.6. The lowest BCUT2D eigenvalue weighted by atomic mass is 9.76. The van der Waals surface area contributed by atoms with Crippen molar-refractivity contribution in [3.05, 3.63) is 0 Å². The van der Waals surface area contributed by atoms with Crippen LogP contribution in [0.2, 0.25) is 0 Å². The average molecular weight is 425 g/mol. The zero-order chi connectivity index (χ0) is 22.7. The van der Waals surface area contributed by atoms with Crippen molar-refractivity contribution < 1.29 is 23.9 Å². The number of likely N-dealkylation sites (tertiary alicyclic amines) is 2. The minimum Gasteiger partial charge on any atom is -0.444 e. The summed E-state index contributed by atoms with van der Waals surface area (Å²) in [4.78, 5) is 52.0. The van der Waals surface area contributed by atoms with Crippen LogP contribution in [0.15, 0.2) is 0 Å². The van der Waals surface area contributed by atoms with Crippen molar-refractivity contribution in [3.63, 3.8) is 0 Å². The lowest BCUT2D eigenvalue weighted by Crippen LogP contribution is -2.53. The Morgan fingerprint density at radius 2 is 1.83 bits per heavy atom. The molecular formula is C21H36N4O5. The highest BCUT2D eigenvalue weighted by Gasteiger charge is 2.51. The van der Waals surface area contributed by atoms with E-state index in [0.717, 1.165) is 0 Å². The maximum absolute atomic E-state index is 13.0. The van der Waals surface area contributed by atoms with Gasteiger partial charge in [0.15, 0.2) is 0 Å². The van der Waals surface area contributed by atoms with Gasteiger partial charge in [0, 0.05) is 19.6 Å². The molecule has 3 N–H and O–H groups in total. The van der Waals surface area contributed by atoms with Crippen molar-refractivity contribution in [3.8, 4) is 0 Å². The highest BCUT2D eigenvalue weighted by atomic mass is 16.6. The van der Waals surface area contributed by atoms with E-state index in [1.165, 1.54) is 0 Å². The molecular weight excluding hydrogens is 388 g/mol. The highest BCUT2D eigenvalue weighted by Crippen LogP contribution is 2.44. The third-order valence-corrected chi connectivity index (χ3v) is 5.93. The van der Waals surface area contributed by atoms with E-state index in [4.69, 9.17) is 10.5 Å². The molecule has 0 aromatic carbocycles. The first-order valence-electron chi connectivity index (χ1n) is 10.6. The zero-order valence-corrected chi connectivity index (χ0v) is 18.8. The van der Waals surface area contributed by atoms with Gasteiger partial charge in [-0.2, -0.15) is 0 Å². The summed E-state index contributed by atoms with van der Waals surface area (Å²) in [5.74, 6) is -0.637. The number of hydrogen-bond acceptors (Lipinski definition) is 6. The summed E-state index contributed by atoms with van der Waals surface area (Å²) in [7, 11) is 0. The second kappa shape index (κ2) is 9.32. The third kappa shape index (κ3) is 5.71. The summed E-state index contributed by atoms with van der Waals surface area (Å²) in [5.41, 5.74) is 5.28. The van der Waals surface area contributed by atoms with Crippen LogP contribution in [0.4, 0.5) is 4.79 Å². The molecule has 0 bridgehead atoms. The normalized spacial score (nSPS) is 22.2. The van der Waals surface area contributed by atoms with Crippen LogP contribution in [0, 0.1) is 11.3 Å². The van der Waals surface area contributed by atoms with Crippen molar-refractivity contribution in [2.45, 2.75) is 71.6 Å². The van der Waals surface area contributed by atoms with Gasteiger partial charge in [-0.05, 0) is 51.4 Å². The van der Waals surface area contributed by atoms with Crippen molar-refractivity contribution in [2.24, 2.45) is 17.1 Å². The molecule has 2 unspecified atom stereocenters. The molecule has 2 rings (SSSR count). The van der Waals surface area contributed by atoms with Gasteiger partial charge in [-0.1, -0.05) is 13.8 Å². The van der Waals surface area contributed by atoms with Crippen LogP contribution < -0.4 is 11.1 Å². The summed E-state index contributed by atoms with van der Waals surface area (Å²) in [6.07, 6.45) is 2.12. The predicted molar refractivity (Wildman–Crippen MR) is 111 cm³/mol. The van der Waals surface area contributed by atoms with Gasteiger partial charge in [-0.25, -0.2) is 4.79 Å². The van der Waals surface area contributed by atoms with Gasteiger partial charge in [-0.15, -0.1) is 0 Å². The molecule has 30 heavy (non-hydrogen) atoms. The quantitative estimate of drug-likeness (QED) is 0.633. The van der Waals surface area contributed by atoms with Crippen LogP contribution in [-0.2, 0) is 19.1 Å². The van der Waals surface area contributed by atoms with Gasteiger partial charge in [0.2, 0.25) is 11.8 Å². The van der Waals surface area contributed by atoms with Crippen LogP contribution in [0.3, 0.4) is 0 Å². The Morgan fingerprint density at radius 3 is 2.33 bits per heavy atom. The maximum atomic E-state index is 13.0. The molecule has 0 aromatic rings. The molecule has 2 aliphatic heterocycles. The molecule has 0 aromatic heterocycles. The van der Waals surface area contributed by atoms with Crippen LogP contribution in [0.1, 0.15) is 53.9 Å². The van der Waals surface area contributed by atoms with Gasteiger partial charge in [0.05, 0.1) is 12.6 Å². The first-order chi connectivity index (χ1) is 13.9. The SMILES string of the molecule is CC(C)C(N)C(=O)N1CC2(CCN(C(=O)OC(C)(C)C)CC2)CC1C(=O)NCC=O. The number of piperidine rings is 1. The summed E-state index contributed by atoms with van der Waals surface area (Å²) >= 11 is 0. The molecule has 3 amide bonds.